The number of benzene rings is 1. The Labute approximate surface area is 136 Å². The van der Waals surface area contributed by atoms with Crippen molar-refractivity contribution in [2.75, 3.05) is 13.2 Å². The Morgan fingerprint density at radius 1 is 1.08 bits per heavy atom. The minimum absolute atomic E-state index is 0.0732. The Bertz CT molecular complexity index is 617. The molecule has 132 valence electrons. The number of ketones is 1. The van der Waals surface area contributed by atoms with Crippen molar-refractivity contribution in [1.82, 2.24) is 0 Å². The molecule has 0 bridgehead atoms. The van der Waals surface area contributed by atoms with E-state index in [4.69, 9.17) is 18.9 Å². The summed E-state index contributed by atoms with van der Waals surface area (Å²) >= 11 is 0. The van der Waals surface area contributed by atoms with Crippen LogP contribution in [0.3, 0.4) is 0 Å². The van der Waals surface area contributed by atoms with Gasteiger partial charge in [-0.1, -0.05) is 0 Å². The lowest BCUT2D eigenvalue weighted by Gasteiger charge is -2.25. The number of carbonyl (C=O) groups is 1. The Kier molecular flexibility index (Phi) is 4.96. The Balaban J connectivity index is 2.62. The van der Waals surface area contributed by atoms with E-state index in [1.807, 2.05) is 0 Å². The molecule has 0 aliphatic carbocycles. The van der Waals surface area contributed by atoms with Gasteiger partial charge in [-0.2, -0.15) is 13.2 Å². The second kappa shape index (κ2) is 6.62. The van der Waals surface area contributed by atoms with Gasteiger partial charge in [0.2, 0.25) is 0 Å². The van der Waals surface area contributed by atoms with Gasteiger partial charge in [-0.15, -0.1) is 0 Å². The molecule has 1 aliphatic heterocycles. The molecular weight excluding hydrogens is 329 g/mol. The van der Waals surface area contributed by atoms with Crippen molar-refractivity contribution in [2.45, 2.75) is 32.7 Å². The zero-order valence-electron chi connectivity index (χ0n) is 13.4. The van der Waals surface area contributed by atoms with E-state index in [9.17, 15) is 18.0 Å². The van der Waals surface area contributed by atoms with Crippen LogP contribution in [-0.2, 0) is 15.3 Å². The molecule has 0 aromatic heterocycles. The number of alkyl halides is 3. The van der Waals surface area contributed by atoms with Gasteiger partial charge in [-0.05, 0) is 26.0 Å². The molecule has 1 aliphatic rings. The molecule has 0 radical (unpaired) electrons. The summed E-state index contributed by atoms with van der Waals surface area (Å²) in [6.45, 7) is 4.92. The third-order valence-corrected chi connectivity index (χ3v) is 3.32. The van der Waals surface area contributed by atoms with Crippen molar-refractivity contribution < 1.29 is 36.9 Å². The van der Waals surface area contributed by atoms with Crippen molar-refractivity contribution in [1.29, 1.82) is 0 Å². The fraction of sp³-hybridized carbons (Fsp3) is 0.438. The minimum atomic E-state index is -5.05. The molecule has 0 atom stereocenters. The van der Waals surface area contributed by atoms with Gasteiger partial charge in [0.05, 0.1) is 13.2 Å². The molecule has 0 spiro atoms. The van der Waals surface area contributed by atoms with Crippen LogP contribution in [0.2, 0.25) is 0 Å². The largest absolute Gasteiger partial charge is 0.493 e. The molecule has 0 unspecified atom stereocenters. The van der Waals surface area contributed by atoms with E-state index in [1.165, 1.54) is 24.7 Å². The lowest BCUT2D eigenvalue weighted by molar-refractivity contribution is -0.133. The first-order valence-corrected chi connectivity index (χ1v) is 7.29. The summed E-state index contributed by atoms with van der Waals surface area (Å²) in [7, 11) is 0. The highest BCUT2D eigenvalue weighted by atomic mass is 19.4. The first-order chi connectivity index (χ1) is 11.2. The summed E-state index contributed by atoms with van der Waals surface area (Å²) < 4.78 is 60.0. The quantitative estimate of drug-likeness (QED) is 0.731. The van der Waals surface area contributed by atoms with E-state index in [-0.39, 0.29) is 24.7 Å². The number of rotatable bonds is 6. The molecule has 1 heterocycles. The highest BCUT2D eigenvalue weighted by Gasteiger charge is 2.44. The number of halogens is 3. The minimum Gasteiger partial charge on any atom is -0.493 e. The normalized spacial score (nSPS) is 15.6. The number of hydrogen-bond acceptors (Lipinski definition) is 5. The lowest BCUT2D eigenvalue weighted by Crippen LogP contribution is -2.26. The average Bonchev–Trinajstić information content (AvgIpc) is 2.94. The SMILES string of the molecule is CCOc1cc(C2(C)OC=CO2)cc(OCC)c1C(=O)C(F)(F)F. The molecule has 0 fully saturated rings. The highest BCUT2D eigenvalue weighted by molar-refractivity contribution is 6.05. The Morgan fingerprint density at radius 2 is 1.54 bits per heavy atom. The van der Waals surface area contributed by atoms with Crippen LogP contribution in [0.1, 0.15) is 36.7 Å². The molecule has 0 N–H and O–H groups in total. The Morgan fingerprint density at radius 3 is 1.92 bits per heavy atom. The van der Waals surface area contributed by atoms with E-state index >= 15 is 0 Å². The molecule has 0 saturated carbocycles. The van der Waals surface area contributed by atoms with Crippen molar-refractivity contribution in [3.05, 3.63) is 35.8 Å². The molecule has 1 aromatic carbocycles. The first-order valence-electron chi connectivity index (χ1n) is 7.29. The zero-order valence-corrected chi connectivity index (χ0v) is 13.4. The maximum Gasteiger partial charge on any atom is 0.455 e. The summed E-state index contributed by atoms with van der Waals surface area (Å²) in [5, 5.41) is 0. The Hall–Kier alpha value is -2.38. The molecule has 8 heteroatoms. The van der Waals surface area contributed by atoms with Gasteiger partial charge in [-0.3, -0.25) is 4.79 Å². The molecule has 1 aromatic rings. The molecule has 5 nitrogen and oxygen atoms in total. The predicted octanol–water partition coefficient (Wildman–Crippen LogP) is 3.92. The van der Waals surface area contributed by atoms with E-state index in [1.54, 1.807) is 20.8 Å². The molecule has 2 rings (SSSR count). The van der Waals surface area contributed by atoms with Gasteiger partial charge in [0.25, 0.3) is 11.6 Å². The molecular formula is C16H17F3O5. The standard InChI is InChI=1S/C16H17F3O5/c1-4-21-11-8-10(15(3)23-6-7-24-15)9-12(22-5-2)13(11)14(20)16(17,18)19/h6-9H,4-5H2,1-3H3. The fourth-order valence-corrected chi connectivity index (χ4v) is 2.24. The monoisotopic (exact) mass is 346 g/mol. The summed E-state index contributed by atoms with van der Waals surface area (Å²) in [4.78, 5) is 11.8. The van der Waals surface area contributed by atoms with Gasteiger partial charge in [-0.25, -0.2) is 0 Å². The van der Waals surface area contributed by atoms with Crippen molar-refractivity contribution >= 4 is 5.78 Å². The topological polar surface area (TPSA) is 54.0 Å². The van der Waals surface area contributed by atoms with E-state index < -0.39 is 23.3 Å². The summed E-state index contributed by atoms with van der Waals surface area (Å²) in [6, 6.07) is 2.58. The van der Waals surface area contributed by atoms with Crippen molar-refractivity contribution in [3.8, 4) is 11.5 Å². The first kappa shape index (κ1) is 18.0. The summed E-state index contributed by atoms with van der Waals surface area (Å²) in [6.07, 6.45) is -2.42. The van der Waals surface area contributed by atoms with Crippen LogP contribution in [0.15, 0.2) is 24.7 Å². The van der Waals surface area contributed by atoms with E-state index in [2.05, 4.69) is 0 Å². The fourth-order valence-electron chi connectivity index (χ4n) is 2.24. The van der Waals surface area contributed by atoms with Crippen molar-refractivity contribution in [3.63, 3.8) is 0 Å². The second-order valence-corrected chi connectivity index (χ2v) is 4.99. The number of ether oxygens (including phenoxy) is 4. The van der Waals surface area contributed by atoms with Crippen LogP contribution < -0.4 is 9.47 Å². The average molecular weight is 346 g/mol. The van der Waals surface area contributed by atoms with Crippen LogP contribution in [0.25, 0.3) is 0 Å². The van der Waals surface area contributed by atoms with E-state index in [0.29, 0.717) is 5.56 Å². The van der Waals surface area contributed by atoms with Gasteiger partial charge in [0.15, 0.2) is 0 Å². The number of Topliss-reactive ketones (excluding diaryl/α,β-unsaturated/α-hetero) is 1. The smallest absolute Gasteiger partial charge is 0.455 e. The maximum absolute atomic E-state index is 12.9. The van der Waals surface area contributed by atoms with Crippen molar-refractivity contribution in [2.24, 2.45) is 0 Å². The lowest BCUT2D eigenvalue weighted by atomic mass is 10.00. The van der Waals surface area contributed by atoms with Crippen LogP contribution in [0.4, 0.5) is 13.2 Å². The van der Waals surface area contributed by atoms with Gasteiger partial charge >= 0.3 is 6.18 Å². The third kappa shape index (κ3) is 3.42. The maximum atomic E-state index is 12.9. The highest BCUT2D eigenvalue weighted by Crippen LogP contribution is 2.41. The van der Waals surface area contributed by atoms with Gasteiger partial charge in [0.1, 0.15) is 29.6 Å². The van der Waals surface area contributed by atoms with Crippen LogP contribution in [0.5, 0.6) is 11.5 Å². The zero-order chi connectivity index (χ0) is 18.0. The van der Waals surface area contributed by atoms with Gasteiger partial charge in [0, 0.05) is 12.5 Å². The van der Waals surface area contributed by atoms with Crippen LogP contribution in [-0.4, -0.2) is 25.2 Å². The molecule has 0 saturated heterocycles. The predicted molar refractivity (Wildman–Crippen MR) is 77.8 cm³/mol. The second-order valence-electron chi connectivity index (χ2n) is 4.99. The van der Waals surface area contributed by atoms with E-state index in [0.717, 1.165) is 0 Å². The third-order valence-electron chi connectivity index (χ3n) is 3.32. The molecule has 0 amide bonds. The molecule has 24 heavy (non-hydrogen) atoms. The summed E-state index contributed by atoms with van der Waals surface area (Å²) in [5.41, 5.74) is -0.303. The van der Waals surface area contributed by atoms with Crippen LogP contribution in [0, 0.1) is 0 Å². The number of carbonyl (C=O) groups excluding carboxylic acids is 1. The summed E-state index contributed by atoms with van der Waals surface area (Å²) in [5.74, 6) is -3.74. The number of hydrogen-bond donors (Lipinski definition) is 0. The van der Waals surface area contributed by atoms with Gasteiger partial charge < -0.3 is 18.9 Å². The van der Waals surface area contributed by atoms with Crippen LogP contribution >= 0.6 is 0 Å².